The van der Waals surface area contributed by atoms with Gasteiger partial charge in [-0.25, -0.2) is 9.67 Å². The molecule has 1 amide bonds. The lowest BCUT2D eigenvalue weighted by Gasteiger charge is -2.14. The molecule has 7 heteroatoms. The number of rotatable bonds is 6. The van der Waals surface area contributed by atoms with Crippen molar-refractivity contribution in [3.05, 3.63) is 35.9 Å². The molecule has 0 radical (unpaired) electrons. The molecule has 0 saturated heterocycles. The molecule has 0 saturated carbocycles. The smallest absolute Gasteiger partial charge is 0.224 e. The molecule has 21 heavy (non-hydrogen) atoms. The van der Waals surface area contributed by atoms with Gasteiger partial charge in [0.2, 0.25) is 5.91 Å². The number of anilines is 1. The molecular formula is C14H18ClN5O. The summed E-state index contributed by atoms with van der Waals surface area (Å²) >= 11 is 6.01. The Morgan fingerprint density at radius 1 is 1.52 bits per heavy atom. The number of aromatic nitrogens is 3. The predicted molar refractivity (Wildman–Crippen MR) is 82.5 cm³/mol. The number of carbonyl (C=O) groups excluding carboxylic acids is 1. The molecule has 2 aromatic rings. The third-order valence-electron chi connectivity index (χ3n) is 3.28. The van der Waals surface area contributed by atoms with Gasteiger partial charge >= 0.3 is 0 Å². The maximum absolute atomic E-state index is 12.1. The second-order valence-corrected chi connectivity index (χ2v) is 5.20. The molecular weight excluding hydrogens is 290 g/mol. The average Bonchev–Trinajstić information content (AvgIpc) is 2.99. The summed E-state index contributed by atoms with van der Waals surface area (Å²) < 4.78 is 1.58. The monoisotopic (exact) mass is 307 g/mol. The van der Waals surface area contributed by atoms with Gasteiger partial charge < -0.3 is 11.1 Å². The van der Waals surface area contributed by atoms with Crippen LogP contribution in [-0.4, -0.2) is 27.2 Å². The molecule has 0 aliphatic heterocycles. The minimum Gasteiger partial charge on any atom is -0.330 e. The van der Waals surface area contributed by atoms with Gasteiger partial charge in [-0.2, -0.15) is 5.10 Å². The van der Waals surface area contributed by atoms with Gasteiger partial charge in [-0.05, 0) is 30.7 Å². The number of hydrogen-bond acceptors (Lipinski definition) is 4. The maximum atomic E-state index is 12.1. The number of benzene rings is 1. The van der Waals surface area contributed by atoms with Crippen molar-refractivity contribution in [2.75, 3.05) is 11.9 Å². The van der Waals surface area contributed by atoms with E-state index in [0.29, 0.717) is 29.4 Å². The molecule has 0 fully saturated rings. The molecule has 112 valence electrons. The number of amides is 1. The van der Waals surface area contributed by atoms with E-state index in [4.69, 9.17) is 17.3 Å². The quantitative estimate of drug-likeness (QED) is 0.857. The first kappa shape index (κ1) is 15.5. The van der Waals surface area contributed by atoms with Gasteiger partial charge in [-0.1, -0.05) is 24.9 Å². The van der Waals surface area contributed by atoms with Gasteiger partial charge in [0.05, 0.1) is 11.4 Å². The van der Waals surface area contributed by atoms with Gasteiger partial charge in [-0.15, -0.1) is 0 Å². The molecule has 1 heterocycles. The van der Waals surface area contributed by atoms with Crippen LogP contribution in [0.25, 0.3) is 5.69 Å². The van der Waals surface area contributed by atoms with E-state index >= 15 is 0 Å². The second kappa shape index (κ2) is 7.19. The van der Waals surface area contributed by atoms with E-state index in [1.165, 1.54) is 6.33 Å². The van der Waals surface area contributed by atoms with Crippen LogP contribution in [0.1, 0.15) is 19.8 Å². The summed E-state index contributed by atoms with van der Waals surface area (Å²) in [6, 6.07) is 5.22. The fourth-order valence-electron chi connectivity index (χ4n) is 2.00. The van der Waals surface area contributed by atoms with Crippen molar-refractivity contribution in [3.8, 4) is 5.69 Å². The maximum Gasteiger partial charge on any atom is 0.224 e. The van der Waals surface area contributed by atoms with Crippen molar-refractivity contribution in [3.63, 3.8) is 0 Å². The number of hydrogen-bond donors (Lipinski definition) is 2. The lowest BCUT2D eigenvalue weighted by Crippen LogP contribution is -2.22. The fraction of sp³-hybridized carbons (Fsp3) is 0.357. The Morgan fingerprint density at radius 3 is 2.95 bits per heavy atom. The molecule has 0 spiro atoms. The van der Waals surface area contributed by atoms with E-state index in [0.717, 1.165) is 6.42 Å². The number of nitrogens with two attached hydrogens (primary N) is 1. The zero-order chi connectivity index (χ0) is 15.2. The minimum atomic E-state index is -0.0871. The Hall–Kier alpha value is -1.92. The highest BCUT2D eigenvalue weighted by molar-refractivity contribution is 6.31. The first-order valence-electron chi connectivity index (χ1n) is 6.78. The minimum absolute atomic E-state index is 0.0871. The van der Waals surface area contributed by atoms with E-state index in [2.05, 4.69) is 15.4 Å². The Morgan fingerprint density at radius 2 is 2.33 bits per heavy atom. The van der Waals surface area contributed by atoms with E-state index < -0.39 is 0 Å². The highest BCUT2D eigenvalue weighted by Gasteiger charge is 2.13. The normalized spacial score (nSPS) is 12.1. The van der Waals surface area contributed by atoms with Crippen molar-refractivity contribution >= 4 is 23.2 Å². The summed E-state index contributed by atoms with van der Waals surface area (Å²) in [5, 5.41) is 7.48. The van der Waals surface area contributed by atoms with Gasteiger partial charge in [-0.3, -0.25) is 4.79 Å². The molecule has 0 aliphatic rings. The van der Waals surface area contributed by atoms with Crippen LogP contribution < -0.4 is 11.1 Å². The molecule has 2 rings (SSSR count). The summed E-state index contributed by atoms with van der Waals surface area (Å²) in [5.74, 6) is 0.0925. The van der Waals surface area contributed by atoms with Crippen LogP contribution in [0.3, 0.4) is 0 Å². The van der Waals surface area contributed by atoms with Crippen molar-refractivity contribution in [2.24, 2.45) is 11.7 Å². The van der Waals surface area contributed by atoms with Crippen molar-refractivity contribution in [1.29, 1.82) is 0 Å². The third-order valence-corrected chi connectivity index (χ3v) is 3.52. The third kappa shape index (κ3) is 4.03. The summed E-state index contributed by atoms with van der Waals surface area (Å²) in [7, 11) is 0. The van der Waals surface area contributed by atoms with Gasteiger partial charge in [0.25, 0.3) is 0 Å². The number of carbonyl (C=O) groups is 1. The van der Waals surface area contributed by atoms with Crippen LogP contribution in [0.4, 0.5) is 5.69 Å². The second-order valence-electron chi connectivity index (χ2n) is 4.76. The predicted octanol–water partition coefficient (Wildman–Crippen LogP) is 2.23. The molecule has 6 nitrogen and oxygen atoms in total. The average molecular weight is 308 g/mol. The van der Waals surface area contributed by atoms with Crippen LogP contribution in [0.5, 0.6) is 0 Å². The number of halogens is 1. The highest BCUT2D eigenvalue weighted by Crippen LogP contribution is 2.24. The Kier molecular flexibility index (Phi) is 5.30. The Labute approximate surface area is 128 Å². The SMILES string of the molecule is CCC(CN)CC(=O)Nc1cc(Cl)ccc1-n1cncn1. The summed E-state index contributed by atoms with van der Waals surface area (Å²) in [5.41, 5.74) is 6.95. The molecule has 1 unspecified atom stereocenters. The Bertz CT molecular complexity index is 595. The molecule has 0 aliphatic carbocycles. The van der Waals surface area contributed by atoms with Gasteiger partial charge in [0.15, 0.2) is 0 Å². The van der Waals surface area contributed by atoms with Crippen molar-refractivity contribution in [1.82, 2.24) is 14.8 Å². The van der Waals surface area contributed by atoms with Crippen LogP contribution in [-0.2, 0) is 4.79 Å². The highest BCUT2D eigenvalue weighted by atomic mass is 35.5. The summed E-state index contributed by atoms with van der Waals surface area (Å²) in [6.07, 6.45) is 4.25. The van der Waals surface area contributed by atoms with Crippen LogP contribution in [0.2, 0.25) is 5.02 Å². The van der Waals surface area contributed by atoms with E-state index in [1.54, 1.807) is 29.2 Å². The van der Waals surface area contributed by atoms with Crippen LogP contribution >= 0.6 is 11.6 Å². The van der Waals surface area contributed by atoms with Crippen LogP contribution in [0.15, 0.2) is 30.9 Å². The molecule has 1 aromatic carbocycles. The standard InChI is InChI=1S/C14H18ClN5O/c1-2-10(7-16)5-14(21)19-12-6-11(15)3-4-13(12)20-9-17-8-18-20/h3-4,6,8-10H,2,5,7,16H2,1H3,(H,19,21). The van der Waals surface area contributed by atoms with Crippen molar-refractivity contribution in [2.45, 2.75) is 19.8 Å². The van der Waals surface area contributed by atoms with E-state index in [1.807, 2.05) is 6.92 Å². The molecule has 1 atom stereocenters. The zero-order valence-electron chi connectivity index (χ0n) is 11.8. The molecule has 1 aromatic heterocycles. The lowest BCUT2D eigenvalue weighted by molar-refractivity contribution is -0.117. The molecule has 3 N–H and O–H groups in total. The number of nitrogens with zero attached hydrogens (tertiary/aromatic N) is 3. The summed E-state index contributed by atoms with van der Waals surface area (Å²) in [6.45, 7) is 2.51. The van der Waals surface area contributed by atoms with Gasteiger partial charge in [0, 0.05) is 11.4 Å². The Balaban J connectivity index is 2.19. The lowest BCUT2D eigenvalue weighted by atomic mass is 10.0. The fourth-order valence-corrected chi connectivity index (χ4v) is 2.17. The van der Waals surface area contributed by atoms with E-state index in [9.17, 15) is 4.79 Å². The van der Waals surface area contributed by atoms with Crippen molar-refractivity contribution < 1.29 is 4.79 Å². The zero-order valence-corrected chi connectivity index (χ0v) is 12.5. The van der Waals surface area contributed by atoms with Gasteiger partial charge in [0.1, 0.15) is 12.7 Å². The number of nitrogens with one attached hydrogen (secondary N) is 1. The van der Waals surface area contributed by atoms with E-state index in [-0.39, 0.29) is 11.8 Å². The molecule has 0 bridgehead atoms. The topological polar surface area (TPSA) is 85.8 Å². The summed E-state index contributed by atoms with van der Waals surface area (Å²) in [4.78, 5) is 16.0. The first-order chi connectivity index (χ1) is 10.1. The first-order valence-corrected chi connectivity index (χ1v) is 7.16. The van der Waals surface area contributed by atoms with Crippen LogP contribution in [0, 0.1) is 5.92 Å². The largest absolute Gasteiger partial charge is 0.330 e.